The van der Waals surface area contributed by atoms with E-state index in [1.54, 1.807) is 6.07 Å². The molecule has 0 atom stereocenters. The van der Waals surface area contributed by atoms with Crippen molar-refractivity contribution in [3.63, 3.8) is 0 Å². The summed E-state index contributed by atoms with van der Waals surface area (Å²) in [4.78, 5) is 0. The quantitative estimate of drug-likeness (QED) is 0.781. The minimum atomic E-state index is 0.104. The minimum absolute atomic E-state index is 0.104. The van der Waals surface area contributed by atoms with Gasteiger partial charge in [0.2, 0.25) is 0 Å². The second kappa shape index (κ2) is 4.54. The van der Waals surface area contributed by atoms with Crippen molar-refractivity contribution in [3.05, 3.63) is 29.3 Å². The zero-order valence-corrected chi connectivity index (χ0v) is 9.56. The number of para-hydroxylation sites is 1. The second-order valence-electron chi connectivity index (χ2n) is 4.27. The highest BCUT2D eigenvalue weighted by molar-refractivity contribution is 5.49. The van der Waals surface area contributed by atoms with Crippen LogP contribution in [0.3, 0.4) is 0 Å². The Morgan fingerprint density at radius 2 is 2.19 bits per heavy atom. The monoisotopic (exact) mass is 217 g/mol. The molecule has 0 radical (unpaired) electrons. The third-order valence-corrected chi connectivity index (χ3v) is 2.68. The fraction of sp³-hybridized carbons (Fsp3) is 0.462. The van der Waals surface area contributed by atoms with Gasteiger partial charge in [0, 0.05) is 0 Å². The average Bonchev–Trinajstić information content (AvgIpc) is 2.22. The molecule has 1 aliphatic rings. The van der Waals surface area contributed by atoms with Crippen LogP contribution in [0, 0.1) is 11.3 Å². The van der Waals surface area contributed by atoms with Crippen LogP contribution in [-0.2, 0) is 4.74 Å². The third kappa shape index (κ3) is 2.02. The number of nitriles is 1. The highest BCUT2D eigenvalue weighted by Crippen LogP contribution is 2.31. The van der Waals surface area contributed by atoms with Gasteiger partial charge in [0.25, 0.3) is 0 Å². The molecule has 0 spiro atoms. The van der Waals surface area contributed by atoms with Crippen LogP contribution >= 0.6 is 0 Å². The van der Waals surface area contributed by atoms with Gasteiger partial charge in [0.1, 0.15) is 17.9 Å². The van der Waals surface area contributed by atoms with Gasteiger partial charge < -0.3 is 9.47 Å². The van der Waals surface area contributed by atoms with Gasteiger partial charge in [-0.1, -0.05) is 26.0 Å². The first-order chi connectivity index (χ1) is 7.72. The Bertz CT molecular complexity index is 416. The predicted octanol–water partition coefficient (Wildman–Crippen LogP) is 2.46. The summed E-state index contributed by atoms with van der Waals surface area (Å²) < 4.78 is 10.9. The van der Waals surface area contributed by atoms with E-state index in [9.17, 15) is 0 Å². The van der Waals surface area contributed by atoms with E-state index >= 15 is 0 Å². The van der Waals surface area contributed by atoms with Crippen LogP contribution in [0.15, 0.2) is 18.2 Å². The van der Waals surface area contributed by atoms with Gasteiger partial charge in [-0.3, -0.25) is 0 Å². The fourth-order valence-electron chi connectivity index (χ4n) is 1.68. The van der Waals surface area contributed by atoms with Gasteiger partial charge in [-0.25, -0.2) is 0 Å². The summed E-state index contributed by atoms with van der Waals surface area (Å²) in [7, 11) is 0. The first-order valence-corrected chi connectivity index (χ1v) is 5.49. The molecule has 0 unspecified atom stereocenters. The van der Waals surface area contributed by atoms with E-state index in [-0.39, 0.29) is 6.10 Å². The molecule has 16 heavy (non-hydrogen) atoms. The minimum Gasteiger partial charge on any atom is -0.484 e. The number of benzene rings is 1. The van der Waals surface area contributed by atoms with Crippen LogP contribution in [0.25, 0.3) is 0 Å². The van der Waals surface area contributed by atoms with Crippen molar-refractivity contribution in [2.24, 2.45) is 0 Å². The summed E-state index contributed by atoms with van der Waals surface area (Å²) in [5.41, 5.74) is 1.70. The Kier molecular flexibility index (Phi) is 3.12. The maximum atomic E-state index is 9.07. The molecule has 3 nitrogen and oxygen atoms in total. The molecule has 0 aliphatic carbocycles. The van der Waals surface area contributed by atoms with E-state index < -0.39 is 0 Å². The van der Waals surface area contributed by atoms with E-state index in [0.717, 1.165) is 11.3 Å². The molecule has 0 bridgehead atoms. The largest absolute Gasteiger partial charge is 0.484 e. The number of hydrogen-bond acceptors (Lipinski definition) is 3. The van der Waals surface area contributed by atoms with Crippen LogP contribution in [-0.4, -0.2) is 19.3 Å². The lowest BCUT2D eigenvalue weighted by molar-refractivity contribution is -0.0801. The molecular formula is C13H15NO2. The van der Waals surface area contributed by atoms with Crippen LogP contribution in [0.2, 0.25) is 0 Å². The predicted molar refractivity (Wildman–Crippen MR) is 60.5 cm³/mol. The normalized spacial score (nSPS) is 15.6. The van der Waals surface area contributed by atoms with Crippen LogP contribution in [0.4, 0.5) is 0 Å². The average molecular weight is 217 g/mol. The summed E-state index contributed by atoms with van der Waals surface area (Å²) in [5, 5.41) is 9.07. The third-order valence-electron chi connectivity index (χ3n) is 2.68. The molecule has 0 saturated carbocycles. The molecule has 84 valence electrons. The van der Waals surface area contributed by atoms with Crippen LogP contribution in [0.5, 0.6) is 5.75 Å². The summed E-state index contributed by atoms with van der Waals surface area (Å²) in [6, 6.07) is 7.89. The van der Waals surface area contributed by atoms with Gasteiger partial charge in [0.05, 0.1) is 18.8 Å². The molecule has 1 aliphatic heterocycles. The smallest absolute Gasteiger partial charge is 0.145 e. The van der Waals surface area contributed by atoms with Gasteiger partial charge in [-0.05, 0) is 17.5 Å². The Hall–Kier alpha value is -1.53. The van der Waals surface area contributed by atoms with E-state index in [4.69, 9.17) is 14.7 Å². The van der Waals surface area contributed by atoms with E-state index in [1.165, 1.54) is 0 Å². The molecule has 1 heterocycles. The van der Waals surface area contributed by atoms with E-state index in [1.807, 2.05) is 12.1 Å². The van der Waals surface area contributed by atoms with Crippen molar-refractivity contribution < 1.29 is 9.47 Å². The van der Waals surface area contributed by atoms with Gasteiger partial charge in [-0.2, -0.15) is 5.26 Å². The number of nitrogens with zero attached hydrogens (tertiary/aromatic N) is 1. The van der Waals surface area contributed by atoms with Crippen molar-refractivity contribution >= 4 is 0 Å². The molecule has 2 rings (SSSR count). The Labute approximate surface area is 95.6 Å². The maximum Gasteiger partial charge on any atom is 0.145 e. The molecule has 0 N–H and O–H groups in total. The molecule has 0 aromatic heterocycles. The molecule has 1 aromatic rings. The van der Waals surface area contributed by atoms with Crippen molar-refractivity contribution in [2.45, 2.75) is 25.9 Å². The van der Waals surface area contributed by atoms with E-state index in [0.29, 0.717) is 24.7 Å². The molecule has 1 saturated heterocycles. The summed E-state index contributed by atoms with van der Waals surface area (Å²) in [6.07, 6.45) is 0.104. The number of ether oxygens (including phenoxy) is 2. The Balaban J connectivity index is 2.33. The number of rotatable bonds is 3. The highest BCUT2D eigenvalue weighted by atomic mass is 16.6. The second-order valence-corrected chi connectivity index (χ2v) is 4.27. The molecule has 0 amide bonds. The zero-order chi connectivity index (χ0) is 11.5. The van der Waals surface area contributed by atoms with Crippen molar-refractivity contribution in [2.75, 3.05) is 13.2 Å². The first-order valence-electron chi connectivity index (χ1n) is 5.49. The van der Waals surface area contributed by atoms with Crippen molar-refractivity contribution in [1.82, 2.24) is 0 Å². The maximum absolute atomic E-state index is 9.07. The van der Waals surface area contributed by atoms with Gasteiger partial charge in [0.15, 0.2) is 0 Å². The summed E-state index contributed by atoms with van der Waals surface area (Å²) >= 11 is 0. The first kappa shape index (κ1) is 11.0. The van der Waals surface area contributed by atoms with Gasteiger partial charge >= 0.3 is 0 Å². The topological polar surface area (TPSA) is 42.2 Å². The number of hydrogen-bond donors (Lipinski definition) is 0. The summed E-state index contributed by atoms with van der Waals surface area (Å²) in [5.74, 6) is 1.08. The van der Waals surface area contributed by atoms with Crippen molar-refractivity contribution in [1.29, 1.82) is 5.26 Å². The van der Waals surface area contributed by atoms with Crippen LogP contribution < -0.4 is 4.74 Å². The lowest BCUT2D eigenvalue weighted by atomic mass is 9.99. The zero-order valence-electron chi connectivity index (χ0n) is 9.56. The fourth-order valence-corrected chi connectivity index (χ4v) is 1.68. The molecule has 3 heteroatoms. The van der Waals surface area contributed by atoms with Gasteiger partial charge in [-0.15, -0.1) is 0 Å². The standard InChI is InChI=1S/C13H15NO2/c1-9(2)12-5-3-4-10(6-14)13(12)16-11-7-15-8-11/h3-5,9,11H,7-8H2,1-2H3. The lowest BCUT2D eigenvalue weighted by Crippen LogP contribution is -2.39. The molecular weight excluding hydrogens is 202 g/mol. The molecule has 1 aromatic carbocycles. The Morgan fingerprint density at radius 3 is 2.69 bits per heavy atom. The summed E-state index contributed by atoms with van der Waals surface area (Å²) in [6.45, 7) is 5.44. The van der Waals surface area contributed by atoms with Crippen molar-refractivity contribution in [3.8, 4) is 11.8 Å². The SMILES string of the molecule is CC(C)c1cccc(C#N)c1OC1COC1. The van der Waals surface area contributed by atoms with E-state index in [2.05, 4.69) is 19.9 Å². The highest BCUT2D eigenvalue weighted by Gasteiger charge is 2.23. The Morgan fingerprint density at radius 1 is 1.44 bits per heavy atom. The lowest BCUT2D eigenvalue weighted by Gasteiger charge is -2.28. The van der Waals surface area contributed by atoms with Crippen LogP contribution in [0.1, 0.15) is 30.9 Å². The molecule has 1 fully saturated rings.